The summed E-state index contributed by atoms with van der Waals surface area (Å²) in [5, 5.41) is 0.254. The van der Waals surface area contributed by atoms with Gasteiger partial charge in [-0.2, -0.15) is 0 Å². The largest absolute Gasteiger partial charge is 0.294 e. The van der Waals surface area contributed by atoms with Gasteiger partial charge in [0.15, 0.2) is 5.78 Å². The third-order valence-corrected chi connectivity index (χ3v) is 4.06. The van der Waals surface area contributed by atoms with Crippen LogP contribution in [0.5, 0.6) is 0 Å². The molecule has 19 heavy (non-hydrogen) atoms. The first kappa shape index (κ1) is 14.1. The summed E-state index contributed by atoms with van der Waals surface area (Å²) in [7, 11) is 0. The van der Waals surface area contributed by atoms with Crippen molar-refractivity contribution in [3.8, 4) is 0 Å². The van der Waals surface area contributed by atoms with Crippen molar-refractivity contribution in [1.82, 2.24) is 4.98 Å². The molecule has 0 saturated carbocycles. The van der Waals surface area contributed by atoms with Crippen LogP contribution in [0, 0.1) is 25.5 Å². The Morgan fingerprint density at radius 1 is 1.32 bits per heavy atom. The number of nitrogens with zero attached hydrogens (tertiary/aromatic N) is 1. The number of aromatic nitrogens is 1. The molecule has 0 radical (unpaired) electrons. The minimum atomic E-state index is -0.818. The Morgan fingerprint density at radius 2 is 2.00 bits per heavy atom. The number of halogens is 3. The van der Waals surface area contributed by atoms with Crippen molar-refractivity contribution in [3.63, 3.8) is 0 Å². The number of ketones is 1. The predicted octanol–water partition coefficient (Wildman–Crippen LogP) is 4.12. The Kier molecular flexibility index (Phi) is 3.96. The van der Waals surface area contributed by atoms with Crippen LogP contribution in [0.2, 0.25) is 5.02 Å². The molecule has 1 aromatic heterocycles. The number of hydrogen-bond acceptors (Lipinski definition) is 3. The highest BCUT2D eigenvalue weighted by atomic mass is 35.5. The maximum atomic E-state index is 13.6. The monoisotopic (exact) mass is 301 g/mol. The molecule has 0 spiro atoms. The van der Waals surface area contributed by atoms with Crippen LogP contribution in [0.3, 0.4) is 0 Å². The first-order valence-electron chi connectivity index (χ1n) is 5.49. The zero-order valence-electron chi connectivity index (χ0n) is 10.3. The van der Waals surface area contributed by atoms with Gasteiger partial charge in [0.2, 0.25) is 0 Å². The van der Waals surface area contributed by atoms with E-state index in [9.17, 15) is 13.6 Å². The summed E-state index contributed by atoms with van der Waals surface area (Å²) in [6.45, 7) is 3.73. The molecule has 0 aliphatic carbocycles. The third-order valence-electron chi connectivity index (χ3n) is 2.69. The summed E-state index contributed by atoms with van der Waals surface area (Å²) >= 11 is 6.81. The molecule has 0 aliphatic heterocycles. The van der Waals surface area contributed by atoms with E-state index in [4.69, 9.17) is 11.6 Å². The quantitative estimate of drug-likeness (QED) is 0.630. The van der Waals surface area contributed by atoms with Crippen LogP contribution < -0.4 is 0 Å². The highest BCUT2D eigenvalue weighted by Gasteiger charge is 2.17. The molecule has 0 fully saturated rings. The molecule has 1 heterocycles. The van der Waals surface area contributed by atoms with Crippen molar-refractivity contribution in [2.75, 3.05) is 0 Å². The summed E-state index contributed by atoms with van der Waals surface area (Å²) in [6.07, 6.45) is -0.0443. The van der Waals surface area contributed by atoms with Gasteiger partial charge in [-0.25, -0.2) is 13.8 Å². The van der Waals surface area contributed by atoms with Gasteiger partial charge in [0.25, 0.3) is 0 Å². The predicted molar refractivity (Wildman–Crippen MR) is 71.0 cm³/mol. The van der Waals surface area contributed by atoms with E-state index in [2.05, 4.69) is 4.98 Å². The molecule has 0 atom stereocenters. The molecule has 0 N–H and O–H groups in total. The van der Waals surface area contributed by atoms with E-state index in [1.54, 1.807) is 0 Å². The first-order valence-corrected chi connectivity index (χ1v) is 6.68. The van der Waals surface area contributed by atoms with Gasteiger partial charge < -0.3 is 0 Å². The standard InChI is InChI=1S/C13H10ClF2NOS/c1-6-7(2)19-13(17-6)5-12(18)8-3-11(16)9(14)4-10(8)15/h3-4H,5H2,1-2H3. The van der Waals surface area contributed by atoms with E-state index in [0.717, 1.165) is 22.7 Å². The second kappa shape index (κ2) is 5.35. The van der Waals surface area contributed by atoms with Crippen molar-refractivity contribution in [2.24, 2.45) is 0 Å². The Bertz CT molecular complexity index is 635. The van der Waals surface area contributed by atoms with Gasteiger partial charge in [-0.1, -0.05) is 11.6 Å². The molecule has 2 rings (SSSR count). The van der Waals surface area contributed by atoms with Gasteiger partial charge in [0, 0.05) is 4.88 Å². The Balaban J connectivity index is 2.27. The molecule has 0 aliphatic rings. The van der Waals surface area contributed by atoms with E-state index < -0.39 is 17.4 Å². The molecule has 2 nitrogen and oxygen atoms in total. The van der Waals surface area contributed by atoms with Crippen molar-refractivity contribution < 1.29 is 13.6 Å². The molecule has 2 aromatic rings. The number of carbonyl (C=O) groups is 1. The summed E-state index contributed by atoms with van der Waals surface area (Å²) in [4.78, 5) is 17.1. The van der Waals surface area contributed by atoms with E-state index in [-0.39, 0.29) is 17.0 Å². The molecule has 100 valence electrons. The maximum absolute atomic E-state index is 13.6. The molecular formula is C13H10ClF2NOS. The summed E-state index contributed by atoms with van der Waals surface area (Å²) in [6, 6.07) is 1.63. The Morgan fingerprint density at radius 3 is 2.58 bits per heavy atom. The van der Waals surface area contributed by atoms with Crippen molar-refractivity contribution in [3.05, 3.63) is 49.9 Å². The summed E-state index contributed by atoms with van der Waals surface area (Å²) in [5.41, 5.74) is 0.544. The summed E-state index contributed by atoms with van der Waals surface area (Å²) < 4.78 is 26.8. The lowest BCUT2D eigenvalue weighted by molar-refractivity contribution is 0.0988. The lowest BCUT2D eigenvalue weighted by Gasteiger charge is -2.02. The number of hydrogen-bond donors (Lipinski definition) is 0. The van der Waals surface area contributed by atoms with Crippen molar-refractivity contribution in [2.45, 2.75) is 20.3 Å². The van der Waals surface area contributed by atoms with Crippen LogP contribution in [-0.4, -0.2) is 10.8 Å². The zero-order valence-corrected chi connectivity index (χ0v) is 11.8. The van der Waals surface area contributed by atoms with E-state index >= 15 is 0 Å². The van der Waals surface area contributed by atoms with Crippen molar-refractivity contribution >= 4 is 28.7 Å². The maximum Gasteiger partial charge on any atom is 0.172 e. The molecular weight excluding hydrogens is 292 g/mol. The fourth-order valence-corrected chi connectivity index (χ4v) is 2.67. The second-order valence-corrected chi connectivity index (χ2v) is 5.79. The van der Waals surface area contributed by atoms with Crippen LogP contribution in [0.25, 0.3) is 0 Å². The second-order valence-electron chi connectivity index (χ2n) is 4.10. The molecule has 0 saturated heterocycles. The minimum Gasteiger partial charge on any atom is -0.294 e. The number of Topliss-reactive ketones (excluding diaryl/α,β-unsaturated/α-hetero) is 1. The van der Waals surface area contributed by atoms with Crippen LogP contribution in [0.4, 0.5) is 8.78 Å². The molecule has 1 aromatic carbocycles. The van der Waals surface area contributed by atoms with Gasteiger partial charge >= 0.3 is 0 Å². The molecule has 6 heteroatoms. The fourth-order valence-electron chi connectivity index (χ4n) is 1.58. The SMILES string of the molecule is Cc1nc(CC(=O)c2cc(F)c(Cl)cc2F)sc1C. The normalized spacial score (nSPS) is 10.8. The Hall–Kier alpha value is -1.33. The van der Waals surface area contributed by atoms with E-state index in [1.807, 2.05) is 13.8 Å². The van der Waals surface area contributed by atoms with Gasteiger partial charge in [-0.15, -0.1) is 11.3 Å². The van der Waals surface area contributed by atoms with Crippen LogP contribution in [-0.2, 0) is 6.42 Å². The van der Waals surface area contributed by atoms with Gasteiger partial charge in [0.1, 0.15) is 16.6 Å². The number of aryl methyl sites for hydroxylation is 2. The Labute approximate surface area is 118 Å². The number of rotatable bonds is 3. The number of carbonyl (C=O) groups excluding carboxylic acids is 1. The molecule has 0 bridgehead atoms. The average molecular weight is 302 g/mol. The van der Waals surface area contributed by atoms with Crippen LogP contribution in [0.1, 0.15) is 25.9 Å². The fraction of sp³-hybridized carbons (Fsp3) is 0.231. The lowest BCUT2D eigenvalue weighted by Crippen LogP contribution is -2.07. The van der Waals surface area contributed by atoms with Gasteiger partial charge in [-0.3, -0.25) is 4.79 Å². The van der Waals surface area contributed by atoms with Gasteiger partial charge in [0.05, 0.1) is 22.7 Å². The third kappa shape index (κ3) is 2.98. The molecule has 0 unspecified atom stereocenters. The first-order chi connectivity index (χ1) is 8.88. The van der Waals surface area contributed by atoms with Crippen molar-refractivity contribution in [1.29, 1.82) is 0 Å². The van der Waals surface area contributed by atoms with E-state index in [0.29, 0.717) is 5.01 Å². The average Bonchev–Trinajstić information content (AvgIpc) is 2.62. The van der Waals surface area contributed by atoms with E-state index in [1.165, 1.54) is 11.3 Å². The van der Waals surface area contributed by atoms with Gasteiger partial charge in [-0.05, 0) is 26.0 Å². The zero-order chi connectivity index (χ0) is 14.2. The minimum absolute atomic E-state index is 0.0443. The topological polar surface area (TPSA) is 30.0 Å². The van der Waals surface area contributed by atoms with Crippen LogP contribution in [0.15, 0.2) is 12.1 Å². The highest BCUT2D eigenvalue weighted by molar-refractivity contribution is 7.11. The molecule has 0 amide bonds. The number of benzene rings is 1. The smallest absolute Gasteiger partial charge is 0.172 e. The highest BCUT2D eigenvalue weighted by Crippen LogP contribution is 2.22. The van der Waals surface area contributed by atoms with Crippen LogP contribution >= 0.6 is 22.9 Å². The number of thiazole rings is 1. The summed E-state index contributed by atoms with van der Waals surface area (Å²) in [5.74, 6) is -2.14. The lowest BCUT2D eigenvalue weighted by atomic mass is 10.1.